The van der Waals surface area contributed by atoms with Gasteiger partial charge in [-0.25, -0.2) is 4.98 Å². The van der Waals surface area contributed by atoms with Crippen molar-refractivity contribution in [3.8, 4) is 10.4 Å². The van der Waals surface area contributed by atoms with Crippen LogP contribution in [0.1, 0.15) is 41.6 Å². The van der Waals surface area contributed by atoms with E-state index < -0.39 is 0 Å². The van der Waals surface area contributed by atoms with Gasteiger partial charge in [-0.2, -0.15) is 0 Å². The average Bonchev–Trinajstić information content (AvgIpc) is 3.35. The fourth-order valence-electron chi connectivity index (χ4n) is 5.65. The van der Waals surface area contributed by atoms with Gasteiger partial charge in [0.25, 0.3) is 5.56 Å². The van der Waals surface area contributed by atoms with Gasteiger partial charge in [0.05, 0.1) is 11.8 Å². The second-order valence-corrected chi connectivity index (χ2v) is 11.5. The molecule has 1 amide bonds. The predicted molar refractivity (Wildman–Crippen MR) is 149 cm³/mol. The summed E-state index contributed by atoms with van der Waals surface area (Å²) < 4.78 is 2.60. The molecule has 0 unspecified atom stereocenters. The Morgan fingerprint density at radius 3 is 2.57 bits per heavy atom. The molecule has 0 radical (unpaired) electrons. The van der Waals surface area contributed by atoms with Gasteiger partial charge in [0.1, 0.15) is 4.70 Å². The monoisotopic (exact) mass is 512 g/mol. The number of aromatic nitrogens is 2. The fraction of sp³-hybridized carbons (Fsp3) is 0.367. The molecule has 2 aromatic carbocycles. The highest BCUT2D eigenvalue weighted by molar-refractivity contribution is 7.22. The number of hydrogen-bond donors (Lipinski definition) is 0. The van der Waals surface area contributed by atoms with E-state index in [4.69, 9.17) is 0 Å². The van der Waals surface area contributed by atoms with E-state index in [9.17, 15) is 9.59 Å². The highest BCUT2D eigenvalue weighted by atomic mass is 32.1. The van der Waals surface area contributed by atoms with E-state index in [-0.39, 0.29) is 17.5 Å². The zero-order valence-electron chi connectivity index (χ0n) is 21.4. The molecule has 7 heteroatoms. The Kier molecular flexibility index (Phi) is 6.42. The number of nitrogens with zero attached hydrogens (tertiary/aromatic N) is 4. The van der Waals surface area contributed by atoms with Crippen molar-refractivity contribution in [3.63, 3.8) is 0 Å². The van der Waals surface area contributed by atoms with Crippen molar-refractivity contribution in [3.05, 3.63) is 87.5 Å². The van der Waals surface area contributed by atoms with E-state index in [0.717, 1.165) is 72.6 Å². The minimum Gasteiger partial charge on any atom is -0.340 e. The van der Waals surface area contributed by atoms with Crippen molar-refractivity contribution >= 4 is 27.5 Å². The lowest BCUT2D eigenvalue weighted by atomic mass is 9.87. The van der Waals surface area contributed by atoms with Crippen LogP contribution in [0.4, 0.5) is 0 Å². The van der Waals surface area contributed by atoms with E-state index in [2.05, 4.69) is 59.3 Å². The standard InChI is InChI=1S/C30H32N4O2S/c1-20-3-6-23(7-4-20)28-17-27-29(37-28)30(36)34(19-31-27)26-10-9-24-15-22(5-8-25(24)16-26)18-32-11-13-33(14-12-32)21(2)35/h3-8,15,17,19,26H,9-14,16,18H2,1-2H3/t26-/m0/s1. The second-order valence-electron chi connectivity index (χ2n) is 10.4. The molecule has 3 heterocycles. The van der Waals surface area contributed by atoms with Crippen LogP contribution in [0.25, 0.3) is 20.7 Å². The molecular weight excluding hydrogens is 480 g/mol. The van der Waals surface area contributed by atoms with E-state index in [1.54, 1.807) is 24.6 Å². The van der Waals surface area contributed by atoms with Gasteiger partial charge in [0.15, 0.2) is 0 Å². The Bertz CT molecular complexity index is 1510. The zero-order valence-corrected chi connectivity index (χ0v) is 22.3. The summed E-state index contributed by atoms with van der Waals surface area (Å²) in [4.78, 5) is 35.2. The third-order valence-corrected chi connectivity index (χ3v) is 9.05. The molecule has 6 rings (SSSR count). The number of hydrogen-bond acceptors (Lipinski definition) is 5. The average molecular weight is 513 g/mol. The first-order valence-corrected chi connectivity index (χ1v) is 13.9. The molecule has 1 saturated heterocycles. The SMILES string of the molecule is CC(=O)N1CCN(Cc2ccc3c(c2)CC[C@H](n2cnc4cc(-c5ccc(C)cc5)sc4c2=O)C3)CC1. The summed E-state index contributed by atoms with van der Waals surface area (Å²) >= 11 is 1.54. The molecule has 0 spiro atoms. The van der Waals surface area contributed by atoms with Gasteiger partial charge >= 0.3 is 0 Å². The molecule has 2 aliphatic rings. The van der Waals surface area contributed by atoms with Crippen molar-refractivity contribution in [2.75, 3.05) is 26.2 Å². The molecule has 4 aromatic rings. The maximum atomic E-state index is 13.5. The molecule has 0 bridgehead atoms. The number of amides is 1. The molecule has 0 N–H and O–H groups in total. The minimum atomic E-state index is 0.0723. The predicted octanol–water partition coefficient (Wildman–Crippen LogP) is 4.83. The van der Waals surface area contributed by atoms with Gasteiger partial charge in [-0.3, -0.25) is 19.1 Å². The first-order chi connectivity index (χ1) is 17.9. The summed E-state index contributed by atoms with van der Waals surface area (Å²) in [7, 11) is 0. The Hall–Kier alpha value is -3.29. The number of piperazine rings is 1. The number of fused-ring (bicyclic) bond motifs is 2. The molecule has 1 aliphatic heterocycles. The number of carbonyl (C=O) groups is 1. The minimum absolute atomic E-state index is 0.0723. The molecular formula is C30H32N4O2S. The van der Waals surface area contributed by atoms with Gasteiger partial charge in [-0.15, -0.1) is 11.3 Å². The van der Waals surface area contributed by atoms with Crippen LogP contribution in [-0.2, 0) is 24.2 Å². The summed E-state index contributed by atoms with van der Waals surface area (Å²) in [5.41, 5.74) is 7.27. The Labute approximate surface area is 221 Å². The van der Waals surface area contributed by atoms with Crippen molar-refractivity contribution in [2.45, 2.75) is 45.7 Å². The van der Waals surface area contributed by atoms with Crippen LogP contribution in [0, 0.1) is 6.92 Å². The first-order valence-electron chi connectivity index (χ1n) is 13.1. The van der Waals surface area contributed by atoms with Gasteiger partial charge in [-0.1, -0.05) is 48.0 Å². The fourth-order valence-corrected chi connectivity index (χ4v) is 6.70. The molecule has 190 valence electrons. The number of carbonyl (C=O) groups excluding carboxylic acids is 1. The molecule has 37 heavy (non-hydrogen) atoms. The Morgan fingerprint density at radius 2 is 1.81 bits per heavy atom. The number of benzene rings is 2. The van der Waals surface area contributed by atoms with Crippen LogP contribution < -0.4 is 5.56 Å². The second kappa shape index (κ2) is 9.88. The Morgan fingerprint density at radius 1 is 1.03 bits per heavy atom. The number of thiophene rings is 1. The van der Waals surface area contributed by atoms with E-state index in [1.807, 2.05) is 15.5 Å². The van der Waals surface area contributed by atoms with Gasteiger partial charge in [0, 0.05) is 50.6 Å². The summed E-state index contributed by atoms with van der Waals surface area (Å²) in [6.07, 6.45) is 4.52. The van der Waals surface area contributed by atoms with Gasteiger partial charge < -0.3 is 4.90 Å². The lowest BCUT2D eigenvalue weighted by molar-refractivity contribution is -0.130. The van der Waals surface area contributed by atoms with Crippen LogP contribution >= 0.6 is 11.3 Å². The summed E-state index contributed by atoms with van der Waals surface area (Å²) in [6.45, 7) is 8.12. The van der Waals surface area contributed by atoms with E-state index in [1.165, 1.54) is 22.3 Å². The number of aryl methyl sites for hydroxylation is 2. The molecule has 1 fully saturated rings. The summed E-state index contributed by atoms with van der Waals surface area (Å²) in [5.74, 6) is 0.169. The lowest BCUT2D eigenvalue weighted by Gasteiger charge is -2.34. The van der Waals surface area contributed by atoms with E-state index in [0.29, 0.717) is 0 Å². The number of rotatable bonds is 4. The lowest BCUT2D eigenvalue weighted by Crippen LogP contribution is -2.47. The highest BCUT2D eigenvalue weighted by Gasteiger charge is 2.24. The van der Waals surface area contributed by atoms with Crippen LogP contribution in [0.5, 0.6) is 0 Å². The quantitative estimate of drug-likeness (QED) is 0.393. The normalized spacial score (nSPS) is 18.2. The summed E-state index contributed by atoms with van der Waals surface area (Å²) in [6, 6.07) is 17.4. The van der Waals surface area contributed by atoms with Crippen molar-refractivity contribution in [1.29, 1.82) is 0 Å². The molecule has 2 aromatic heterocycles. The third-order valence-electron chi connectivity index (χ3n) is 7.89. The Balaban J connectivity index is 1.18. The van der Waals surface area contributed by atoms with Gasteiger partial charge in [0.2, 0.25) is 5.91 Å². The zero-order chi connectivity index (χ0) is 25.5. The molecule has 6 nitrogen and oxygen atoms in total. The van der Waals surface area contributed by atoms with Crippen LogP contribution in [0.15, 0.2) is 59.7 Å². The van der Waals surface area contributed by atoms with Crippen LogP contribution in [-0.4, -0.2) is 51.4 Å². The summed E-state index contributed by atoms with van der Waals surface area (Å²) in [5, 5.41) is 0. The van der Waals surface area contributed by atoms with Crippen LogP contribution in [0.3, 0.4) is 0 Å². The smallest absolute Gasteiger partial charge is 0.271 e. The van der Waals surface area contributed by atoms with E-state index >= 15 is 0 Å². The van der Waals surface area contributed by atoms with Crippen LogP contribution in [0.2, 0.25) is 0 Å². The molecule has 1 atom stereocenters. The maximum Gasteiger partial charge on any atom is 0.271 e. The topological polar surface area (TPSA) is 58.4 Å². The van der Waals surface area contributed by atoms with Crippen molar-refractivity contribution in [1.82, 2.24) is 19.4 Å². The molecule has 1 aliphatic carbocycles. The highest BCUT2D eigenvalue weighted by Crippen LogP contribution is 2.33. The maximum absolute atomic E-state index is 13.5. The van der Waals surface area contributed by atoms with Crippen molar-refractivity contribution in [2.24, 2.45) is 0 Å². The molecule has 0 saturated carbocycles. The van der Waals surface area contributed by atoms with Gasteiger partial charge in [-0.05, 0) is 54.5 Å². The largest absolute Gasteiger partial charge is 0.340 e. The third kappa shape index (κ3) is 4.86. The van der Waals surface area contributed by atoms with Crippen molar-refractivity contribution < 1.29 is 4.79 Å². The first kappa shape index (κ1) is 24.1.